The van der Waals surface area contributed by atoms with Crippen molar-refractivity contribution in [3.05, 3.63) is 104 Å². The lowest BCUT2D eigenvalue weighted by atomic mass is 9.83. The van der Waals surface area contributed by atoms with Crippen molar-refractivity contribution in [3.63, 3.8) is 0 Å². The Labute approximate surface area is 185 Å². The van der Waals surface area contributed by atoms with Crippen LogP contribution in [0.3, 0.4) is 0 Å². The Balaban J connectivity index is 1.72. The van der Waals surface area contributed by atoms with Gasteiger partial charge in [-0.15, -0.1) is 0 Å². The van der Waals surface area contributed by atoms with Crippen molar-refractivity contribution in [1.29, 1.82) is 0 Å². The summed E-state index contributed by atoms with van der Waals surface area (Å²) in [5.74, 6) is 0.0364. The number of aryl methyl sites for hydroxylation is 1. The lowest BCUT2D eigenvalue weighted by Gasteiger charge is -2.28. The Bertz CT molecular complexity index is 1110. The van der Waals surface area contributed by atoms with E-state index in [1.165, 1.54) is 11.1 Å². The number of nitrogens with zero attached hydrogens (tertiary/aromatic N) is 2. The first-order valence-electron chi connectivity index (χ1n) is 10.3. The van der Waals surface area contributed by atoms with Gasteiger partial charge in [0.1, 0.15) is 0 Å². The number of hydrogen-bond donors (Lipinski definition) is 1. The van der Waals surface area contributed by atoms with Gasteiger partial charge in [-0.05, 0) is 61.1 Å². The van der Waals surface area contributed by atoms with Crippen LogP contribution >= 0.6 is 15.9 Å². The molecule has 0 bridgehead atoms. The number of oxime groups is 1. The highest BCUT2D eigenvalue weighted by molar-refractivity contribution is 9.10. The SMILES string of the molecule is Cc1ccccc1C(CC(=NO)c1ccc(=O)n(C2CCC2)c1)c1ccc(Br)cc1. The zero-order valence-electron chi connectivity index (χ0n) is 17.0. The first-order valence-corrected chi connectivity index (χ1v) is 11.1. The summed E-state index contributed by atoms with van der Waals surface area (Å²) in [4.78, 5) is 12.3. The van der Waals surface area contributed by atoms with E-state index in [4.69, 9.17) is 0 Å². The summed E-state index contributed by atoms with van der Waals surface area (Å²) in [7, 11) is 0. The van der Waals surface area contributed by atoms with Gasteiger partial charge in [0.05, 0.1) is 5.71 Å². The highest BCUT2D eigenvalue weighted by Crippen LogP contribution is 2.33. The van der Waals surface area contributed by atoms with Crippen LogP contribution in [-0.4, -0.2) is 15.5 Å². The molecule has 1 fully saturated rings. The molecule has 0 saturated heterocycles. The van der Waals surface area contributed by atoms with Gasteiger partial charge in [-0.1, -0.05) is 57.5 Å². The number of hydrogen-bond acceptors (Lipinski definition) is 3. The van der Waals surface area contributed by atoms with Crippen LogP contribution in [0.15, 0.2) is 81.3 Å². The van der Waals surface area contributed by atoms with Crippen molar-refractivity contribution < 1.29 is 5.21 Å². The fraction of sp³-hybridized carbons (Fsp3) is 0.280. The summed E-state index contributed by atoms with van der Waals surface area (Å²) in [6, 6.07) is 20.2. The van der Waals surface area contributed by atoms with Gasteiger partial charge in [-0.2, -0.15) is 0 Å². The second-order valence-corrected chi connectivity index (χ2v) is 8.88. The van der Waals surface area contributed by atoms with E-state index < -0.39 is 0 Å². The molecule has 1 saturated carbocycles. The van der Waals surface area contributed by atoms with Crippen molar-refractivity contribution in [1.82, 2.24) is 4.57 Å². The van der Waals surface area contributed by atoms with Gasteiger partial charge >= 0.3 is 0 Å². The Morgan fingerprint density at radius 2 is 1.87 bits per heavy atom. The molecule has 1 aliphatic carbocycles. The number of benzene rings is 2. The molecule has 1 heterocycles. The van der Waals surface area contributed by atoms with Crippen LogP contribution in [-0.2, 0) is 0 Å². The molecule has 2 aromatic carbocycles. The molecule has 0 spiro atoms. The summed E-state index contributed by atoms with van der Waals surface area (Å²) in [5, 5.41) is 13.6. The standard InChI is InChI=1S/C25H25BrN2O2/c1-17-5-2-3-8-22(17)23(18-9-12-20(26)13-10-18)15-24(27-30)19-11-14-25(29)28(16-19)21-6-4-7-21/h2-3,5,8-14,16,21,23,30H,4,6-7,15H2,1H3. The van der Waals surface area contributed by atoms with Crippen molar-refractivity contribution in [2.24, 2.45) is 5.16 Å². The maximum atomic E-state index is 12.3. The predicted molar refractivity (Wildman–Crippen MR) is 124 cm³/mol. The van der Waals surface area contributed by atoms with E-state index in [2.05, 4.69) is 52.3 Å². The van der Waals surface area contributed by atoms with Crippen LogP contribution in [0.2, 0.25) is 0 Å². The van der Waals surface area contributed by atoms with E-state index in [0.29, 0.717) is 12.1 Å². The van der Waals surface area contributed by atoms with Crippen LogP contribution in [0.25, 0.3) is 0 Å². The molecule has 1 aromatic heterocycles. The summed E-state index contributed by atoms with van der Waals surface area (Å²) in [5.41, 5.74) is 4.93. The number of rotatable bonds is 6. The van der Waals surface area contributed by atoms with Crippen LogP contribution in [0.4, 0.5) is 0 Å². The molecule has 3 aromatic rings. The molecule has 0 amide bonds. The molecule has 5 heteroatoms. The van der Waals surface area contributed by atoms with Crippen molar-refractivity contribution in [2.75, 3.05) is 0 Å². The van der Waals surface area contributed by atoms with E-state index in [1.807, 2.05) is 30.5 Å². The molecular weight excluding hydrogens is 440 g/mol. The third-order valence-corrected chi connectivity index (χ3v) is 6.62. The van der Waals surface area contributed by atoms with Gasteiger partial charge in [-0.3, -0.25) is 4.79 Å². The molecule has 1 aliphatic rings. The molecule has 1 unspecified atom stereocenters. The quantitative estimate of drug-likeness (QED) is 0.274. The normalized spacial score (nSPS) is 15.6. The van der Waals surface area contributed by atoms with Gasteiger partial charge in [-0.25, -0.2) is 0 Å². The Morgan fingerprint density at radius 1 is 1.13 bits per heavy atom. The molecule has 4 rings (SSSR count). The smallest absolute Gasteiger partial charge is 0.250 e. The maximum absolute atomic E-state index is 12.3. The third-order valence-electron chi connectivity index (χ3n) is 6.09. The van der Waals surface area contributed by atoms with E-state index in [1.54, 1.807) is 16.7 Å². The Morgan fingerprint density at radius 3 is 2.50 bits per heavy atom. The van der Waals surface area contributed by atoms with Crippen molar-refractivity contribution in [2.45, 2.75) is 44.6 Å². The van der Waals surface area contributed by atoms with E-state index >= 15 is 0 Å². The molecule has 0 aliphatic heterocycles. The van der Waals surface area contributed by atoms with Gasteiger partial charge in [0.25, 0.3) is 5.56 Å². The van der Waals surface area contributed by atoms with Crippen LogP contribution in [0.5, 0.6) is 0 Å². The van der Waals surface area contributed by atoms with Crippen LogP contribution in [0, 0.1) is 6.92 Å². The average molecular weight is 465 g/mol. The maximum Gasteiger partial charge on any atom is 0.250 e. The lowest BCUT2D eigenvalue weighted by Crippen LogP contribution is -2.29. The van der Waals surface area contributed by atoms with Gasteiger partial charge in [0.15, 0.2) is 0 Å². The summed E-state index contributed by atoms with van der Waals surface area (Å²) in [6.45, 7) is 2.10. The molecular formula is C25H25BrN2O2. The zero-order valence-corrected chi connectivity index (χ0v) is 18.5. The van der Waals surface area contributed by atoms with Crippen LogP contribution < -0.4 is 5.56 Å². The zero-order chi connectivity index (χ0) is 21.1. The molecule has 30 heavy (non-hydrogen) atoms. The molecule has 4 nitrogen and oxygen atoms in total. The molecule has 0 radical (unpaired) electrons. The molecule has 1 N–H and O–H groups in total. The monoisotopic (exact) mass is 464 g/mol. The summed E-state index contributed by atoms with van der Waals surface area (Å²) < 4.78 is 2.82. The summed E-state index contributed by atoms with van der Waals surface area (Å²) >= 11 is 3.51. The first kappa shape index (κ1) is 20.6. The Hall–Kier alpha value is -2.66. The largest absolute Gasteiger partial charge is 0.411 e. The summed E-state index contributed by atoms with van der Waals surface area (Å²) in [6.07, 6.45) is 5.60. The van der Waals surface area contributed by atoms with Crippen molar-refractivity contribution >= 4 is 21.6 Å². The topological polar surface area (TPSA) is 54.6 Å². The van der Waals surface area contributed by atoms with E-state index in [9.17, 15) is 10.0 Å². The van der Waals surface area contributed by atoms with Gasteiger partial charge in [0.2, 0.25) is 0 Å². The predicted octanol–water partition coefficient (Wildman–Crippen LogP) is 6.04. The average Bonchev–Trinajstić information content (AvgIpc) is 2.71. The second-order valence-electron chi connectivity index (χ2n) is 7.96. The second kappa shape index (κ2) is 9.00. The number of pyridine rings is 1. The minimum Gasteiger partial charge on any atom is -0.411 e. The molecule has 154 valence electrons. The van der Waals surface area contributed by atoms with Gasteiger partial charge < -0.3 is 9.77 Å². The number of halogens is 1. The highest BCUT2D eigenvalue weighted by atomic mass is 79.9. The Kier molecular flexibility index (Phi) is 6.18. The van der Waals surface area contributed by atoms with Crippen LogP contribution in [0.1, 0.15) is 59.9 Å². The minimum atomic E-state index is 0.00380. The first-order chi connectivity index (χ1) is 14.6. The highest BCUT2D eigenvalue weighted by Gasteiger charge is 2.23. The minimum absolute atomic E-state index is 0.00380. The van der Waals surface area contributed by atoms with Gasteiger partial charge in [0, 0.05) is 40.7 Å². The number of aromatic nitrogens is 1. The van der Waals surface area contributed by atoms with Crippen molar-refractivity contribution in [3.8, 4) is 0 Å². The van der Waals surface area contributed by atoms with E-state index in [0.717, 1.165) is 34.9 Å². The third kappa shape index (κ3) is 4.26. The lowest BCUT2D eigenvalue weighted by molar-refractivity contribution is 0.305. The fourth-order valence-electron chi connectivity index (χ4n) is 4.11. The molecule has 1 atom stereocenters. The van der Waals surface area contributed by atoms with E-state index in [-0.39, 0.29) is 17.5 Å². The fourth-order valence-corrected chi connectivity index (χ4v) is 4.38.